The van der Waals surface area contributed by atoms with E-state index in [9.17, 15) is 9.59 Å². The van der Waals surface area contributed by atoms with E-state index in [1.54, 1.807) is 29.6 Å². The lowest BCUT2D eigenvalue weighted by Gasteiger charge is -2.19. The molecule has 6 nitrogen and oxygen atoms in total. The third kappa shape index (κ3) is 4.29. The molecule has 1 aromatic carbocycles. The van der Waals surface area contributed by atoms with Gasteiger partial charge in [0.15, 0.2) is 0 Å². The summed E-state index contributed by atoms with van der Waals surface area (Å²) in [5.74, 6) is -0.0541. The van der Waals surface area contributed by atoms with E-state index < -0.39 is 0 Å². The van der Waals surface area contributed by atoms with Crippen molar-refractivity contribution < 1.29 is 9.59 Å². The summed E-state index contributed by atoms with van der Waals surface area (Å²) < 4.78 is 0. The smallest absolute Gasteiger partial charge is 0.244 e. The molecule has 1 fully saturated rings. The zero-order valence-corrected chi connectivity index (χ0v) is 14.1. The number of nitrogens with zero attached hydrogens (tertiary/aromatic N) is 3. The molecule has 1 aliphatic heterocycles. The predicted molar refractivity (Wildman–Crippen MR) is 95.7 cm³/mol. The van der Waals surface area contributed by atoms with Gasteiger partial charge in [-0.25, -0.2) is 0 Å². The molecule has 2 heterocycles. The second kappa shape index (κ2) is 7.70. The Morgan fingerprint density at radius 2 is 2.24 bits per heavy atom. The first kappa shape index (κ1) is 16.8. The number of aromatic nitrogens is 2. The summed E-state index contributed by atoms with van der Waals surface area (Å²) in [4.78, 5) is 33.8. The molecule has 1 N–H and O–H groups in total. The predicted octanol–water partition coefficient (Wildman–Crippen LogP) is 2.49. The highest BCUT2D eigenvalue weighted by Crippen LogP contribution is 2.24. The summed E-state index contributed by atoms with van der Waals surface area (Å²) in [6.45, 7) is 2.67. The Hall–Kier alpha value is -3.02. The van der Waals surface area contributed by atoms with Gasteiger partial charge < -0.3 is 10.2 Å². The van der Waals surface area contributed by atoms with E-state index in [0.717, 1.165) is 24.2 Å². The number of benzene rings is 1. The van der Waals surface area contributed by atoms with Crippen molar-refractivity contribution >= 4 is 23.6 Å². The second-order valence-electron chi connectivity index (χ2n) is 5.94. The van der Waals surface area contributed by atoms with E-state index in [2.05, 4.69) is 15.3 Å². The summed E-state index contributed by atoms with van der Waals surface area (Å²) in [5, 5.41) is 2.92. The molecule has 25 heavy (non-hydrogen) atoms. The van der Waals surface area contributed by atoms with Gasteiger partial charge in [-0.1, -0.05) is 12.1 Å². The van der Waals surface area contributed by atoms with E-state index in [1.165, 1.54) is 6.08 Å². The van der Waals surface area contributed by atoms with E-state index >= 15 is 0 Å². The van der Waals surface area contributed by atoms with E-state index in [0.29, 0.717) is 12.1 Å². The van der Waals surface area contributed by atoms with E-state index in [1.807, 2.05) is 31.2 Å². The number of carbonyl (C=O) groups is 2. The molecule has 0 radical (unpaired) electrons. The molecule has 6 heteroatoms. The Labute approximate surface area is 146 Å². The van der Waals surface area contributed by atoms with Gasteiger partial charge in [0.1, 0.15) is 0 Å². The van der Waals surface area contributed by atoms with Gasteiger partial charge in [-0.05, 0) is 37.1 Å². The average molecular weight is 336 g/mol. The van der Waals surface area contributed by atoms with Crippen LogP contribution in [-0.2, 0) is 9.59 Å². The molecule has 3 rings (SSSR count). The first-order valence-electron chi connectivity index (χ1n) is 8.28. The van der Waals surface area contributed by atoms with Crippen LogP contribution in [0.4, 0.5) is 5.69 Å². The topological polar surface area (TPSA) is 75.2 Å². The zero-order chi connectivity index (χ0) is 17.6. The molecule has 1 saturated heterocycles. The lowest BCUT2D eigenvalue weighted by molar-refractivity contribution is -0.117. The van der Waals surface area contributed by atoms with Crippen molar-refractivity contribution in [3.05, 3.63) is 60.2 Å². The Bertz CT molecular complexity index is 789. The fraction of sp³-hybridized carbons (Fsp3) is 0.263. The van der Waals surface area contributed by atoms with E-state index in [4.69, 9.17) is 0 Å². The molecule has 0 aliphatic carbocycles. The first-order valence-corrected chi connectivity index (χ1v) is 8.28. The summed E-state index contributed by atoms with van der Waals surface area (Å²) in [6.07, 6.45) is 9.29. The van der Waals surface area contributed by atoms with Gasteiger partial charge in [0.05, 0.1) is 17.9 Å². The quantitative estimate of drug-likeness (QED) is 0.851. The zero-order valence-electron chi connectivity index (χ0n) is 14.1. The highest BCUT2D eigenvalue weighted by molar-refractivity contribution is 5.95. The summed E-state index contributed by atoms with van der Waals surface area (Å²) >= 11 is 0. The number of hydrogen-bond donors (Lipinski definition) is 1. The van der Waals surface area contributed by atoms with Crippen LogP contribution in [0.1, 0.15) is 37.1 Å². The lowest BCUT2D eigenvalue weighted by atomic mass is 10.1. The van der Waals surface area contributed by atoms with Gasteiger partial charge in [-0.2, -0.15) is 0 Å². The third-order valence-corrected chi connectivity index (χ3v) is 4.10. The van der Waals surface area contributed by atoms with E-state index in [-0.39, 0.29) is 17.9 Å². The number of anilines is 1. The van der Waals surface area contributed by atoms with Crippen molar-refractivity contribution in [2.24, 2.45) is 0 Å². The molecule has 2 amide bonds. The SMILES string of the molecule is CC(NC(=O)/C=C/c1cnccn1)c1cccc(N2CCCC2=O)c1. The number of carbonyl (C=O) groups excluding carboxylic acids is 2. The van der Waals surface area contributed by atoms with Crippen molar-refractivity contribution in [1.29, 1.82) is 0 Å². The highest BCUT2D eigenvalue weighted by Gasteiger charge is 2.22. The molecular weight excluding hydrogens is 316 g/mol. The van der Waals surface area contributed by atoms with Crippen LogP contribution >= 0.6 is 0 Å². The minimum atomic E-state index is -0.208. The highest BCUT2D eigenvalue weighted by atomic mass is 16.2. The van der Waals surface area contributed by atoms with Crippen LogP contribution < -0.4 is 10.2 Å². The third-order valence-electron chi connectivity index (χ3n) is 4.10. The molecule has 1 atom stereocenters. The van der Waals surface area contributed by atoms with Crippen LogP contribution in [0.2, 0.25) is 0 Å². The monoisotopic (exact) mass is 336 g/mol. The Kier molecular flexibility index (Phi) is 5.18. The molecule has 1 aliphatic rings. The van der Waals surface area contributed by atoms with Crippen molar-refractivity contribution in [2.45, 2.75) is 25.8 Å². The molecule has 2 aromatic rings. The van der Waals surface area contributed by atoms with Gasteiger partial charge in [0.2, 0.25) is 11.8 Å². The first-order chi connectivity index (χ1) is 12.1. The molecule has 0 bridgehead atoms. The molecule has 0 saturated carbocycles. The maximum atomic E-state index is 12.1. The van der Waals surface area contributed by atoms with Crippen LogP contribution in [0.15, 0.2) is 48.9 Å². The van der Waals surface area contributed by atoms with Crippen LogP contribution in [-0.4, -0.2) is 28.3 Å². The van der Waals surface area contributed by atoms with Crippen molar-refractivity contribution in [1.82, 2.24) is 15.3 Å². The molecular formula is C19H20N4O2. The van der Waals surface area contributed by atoms with Crippen LogP contribution in [0.3, 0.4) is 0 Å². The second-order valence-corrected chi connectivity index (χ2v) is 5.94. The Morgan fingerprint density at radius 1 is 1.36 bits per heavy atom. The minimum Gasteiger partial charge on any atom is -0.346 e. The standard InChI is InChI=1S/C19H20N4O2/c1-14(22-18(24)8-7-16-13-20-9-10-21-16)15-4-2-5-17(12-15)23-11-3-6-19(23)25/h2,4-5,7-10,12-14H,3,6,11H2,1H3,(H,22,24)/b8-7+. The number of amides is 2. The largest absolute Gasteiger partial charge is 0.346 e. The van der Waals surface area contributed by atoms with Gasteiger partial charge in [0.25, 0.3) is 0 Å². The Balaban J connectivity index is 1.64. The summed E-state index contributed by atoms with van der Waals surface area (Å²) in [7, 11) is 0. The van der Waals surface area contributed by atoms with Crippen LogP contribution in [0, 0.1) is 0 Å². The molecule has 0 spiro atoms. The number of nitrogens with one attached hydrogen (secondary N) is 1. The van der Waals surface area contributed by atoms with Gasteiger partial charge in [-0.15, -0.1) is 0 Å². The fourth-order valence-electron chi connectivity index (χ4n) is 2.79. The van der Waals surface area contributed by atoms with Gasteiger partial charge in [-0.3, -0.25) is 19.6 Å². The van der Waals surface area contributed by atoms with Crippen molar-refractivity contribution in [3.63, 3.8) is 0 Å². The molecule has 128 valence electrons. The minimum absolute atomic E-state index is 0.153. The molecule has 1 aromatic heterocycles. The summed E-state index contributed by atoms with van der Waals surface area (Å²) in [5.41, 5.74) is 2.47. The number of hydrogen-bond acceptors (Lipinski definition) is 4. The van der Waals surface area contributed by atoms with Gasteiger partial charge in [0, 0.05) is 37.1 Å². The average Bonchev–Trinajstić information content (AvgIpc) is 3.07. The fourth-order valence-corrected chi connectivity index (χ4v) is 2.79. The molecule has 1 unspecified atom stereocenters. The maximum absolute atomic E-state index is 12.1. The van der Waals surface area contributed by atoms with Crippen molar-refractivity contribution in [3.8, 4) is 0 Å². The summed E-state index contributed by atoms with van der Waals surface area (Å²) in [6, 6.07) is 7.57. The maximum Gasteiger partial charge on any atom is 0.244 e. The number of rotatable bonds is 5. The normalized spacial score (nSPS) is 15.6. The van der Waals surface area contributed by atoms with Crippen LogP contribution in [0.25, 0.3) is 6.08 Å². The van der Waals surface area contributed by atoms with Gasteiger partial charge >= 0.3 is 0 Å². The lowest BCUT2D eigenvalue weighted by Crippen LogP contribution is -2.26. The van der Waals surface area contributed by atoms with Crippen molar-refractivity contribution in [2.75, 3.05) is 11.4 Å². The van der Waals surface area contributed by atoms with Crippen LogP contribution in [0.5, 0.6) is 0 Å². The Morgan fingerprint density at radius 3 is 2.96 bits per heavy atom.